The summed E-state index contributed by atoms with van der Waals surface area (Å²) in [5.41, 5.74) is 5.36. The molecule has 1 aliphatic rings. The lowest BCUT2D eigenvalue weighted by atomic mass is 10.00. The first-order valence-electron chi connectivity index (χ1n) is 10.9. The van der Waals surface area contributed by atoms with E-state index in [1.165, 1.54) is 0 Å². The number of pyridine rings is 3. The number of hydrogen-bond acceptors (Lipinski definition) is 7. The minimum absolute atomic E-state index is 0.187. The Bertz CT molecular complexity index is 1390. The predicted molar refractivity (Wildman–Crippen MR) is 132 cm³/mol. The van der Waals surface area contributed by atoms with E-state index >= 15 is 0 Å². The maximum absolute atomic E-state index is 11.6. The molecule has 8 heteroatoms. The summed E-state index contributed by atoms with van der Waals surface area (Å²) < 4.78 is 23.3. The van der Waals surface area contributed by atoms with Gasteiger partial charge < -0.3 is 10.2 Å². The third-order valence-electron chi connectivity index (χ3n) is 6.06. The normalized spacial score (nSPS) is 15.5. The fourth-order valence-electron chi connectivity index (χ4n) is 4.11. The lowest BCUT2D eigenvalue weighted by molar-refractivity contribution is 0.586. The molecule has 0 radical (unpaired) electrons. The minimum Gasteiger partial charge on any atom is -0.366 e. The zero-order chi connectivity index (χ0) is 22.8. The van der Waals surface area contributed by atoms with Crippen LogP contribution in [0.4, 0.5) is 11.6 Å². The monoisotopic (exact) mass is 459 g/mol. The van der Waals surface area contributed by atoms with Gasteiger partial charge in [0.15, 0.2) is 9.84 Å². The van der Waals surface area contributed by atoms with Crippen LogP contribution in [0.3, 0.4) is 0 Å². The van der Waals surface area contributed by atoms with Crippen molar-refractivity contribution in [2.24, 2.45) is 0 Å². The molecule has 4 aromatic rings. The number of sulfone groups is 1. The largest absolute Gasteiger partial charge is 0.366 e. The van der Waals surface area contributed by atoms with Crippen LogP contribution in [-0.2, 0) is 16.4 Å². The van der Waals surface area contributed by atoms with Crippen molar-refractivity contribution in [3.63, 3.8) is 0 Å². The SMILES string of the molecule is Cc1c(-c2ccc3ncccc3c2)ccnc1NCc1ccc(N2CCS(=O)(=O)CC2)nc1. The molecule has 1 aliphatic heterocycles. The van der Waals surface area contributed by atoms with Crippen LogP contribution in [0.5, 0.6) is 0 Å². The summed E-state index contributed by atoms with van der Waals surface area (Å²) in [6.45, 7) is 3.66. The molecule has 3 aromatic heterocycles. The van der Waals surface area contributed by atoms with E-state index in [4.69, 9.17) is 0 Å². The van der Waals surface area contributed by atoms with Crippen molar-refractivity contribution in [2.45, 2.75) is 13.5 Å². The summed E-state index contributed by atoms with van der Waals surface area (Å²) in [4.78, 5) is 15.5. The van der Waals surface area contributed by atoms with E-state index < -0.39 is 9.84 Å². The van der Waals surface area contributed by atoms with Crippen molar-refractivity contribution in [1.82, 2.24) is 15.0 Å². The third-order valence-corrected chi connectivity index (χ3v) is 7.66. The number of hydrogen-bond donors (Lipinski definition) is 1. The highest BCUT2D eigenvalue weighted by atomic mass is 32.2. The average Bonchev–Trinajstić information content (AvgIpc) is 2.83. The zero-order valence-corrected chi connectivity index (χ0v) is 19.2. The van der Waals surface area contributed by atoms with Crippen LogP contribution in [-0.4, -0.2) is 48.0 Å². The molecule has 1 aromatic carbocycles. The first kappa shape index (κ1) is 21.3. The molecule has 4 heterocycles. The van der Waals surface area contributed by atoms with Crippen LogP contribution in [0.1, 0.15) is 11.1 Å². The lowest BCUT2D eigenvalue weighted by Crippen LogP contribution is -2.40. The highest BCUT2D eigenvalue weighted by molar-refractivity contribution is 7.91. The molecule has 168 valence electrons. The van der Waals surface area contributed by atoms with Gasteiger partial charge in [-0.1, -0.05) is 18.2 Å². The summed E-state index contributed by atoms with van der Waals surface area (Å²) in [6.07, 6.45) is 5.46. The van der Waals surface area contributed by atoms with Crippen LogP contribution in [0.15, 0.2) is 67.1 Å². The Hall–Kier alpha value is -3.52. The number of fused-ring (bicyclic) bond motifs is 1. The maximum Gasteiger partial charge on any atom is 0.153 e. The van der Waals surface area contributed by atoms with Crippen LogP contribution in [0, 0.1) is 6.92 Å². The van der Waals surface area contributed by atoms with Gasteiger partial charge in [0.2, 0.25) is 0 Å². The number of aromatic nitrogens is 3. The van der Waals surface area contributed by atoms with Gasteiger partial charge in [0.1, 0.15) is 11.6 Å². The van der Waals surface area contributed by atoms with Crippen molar-refractivity contribution in [3.8, 4) is 11.1 Å². The average molecular weight is 460 g/mol. The topological polar surface area (TPSA) is 88.1 Å². The van der Waals surface area contributed by atoms with Crippen molar-refractivity contribution < 1.29 is 8.42 Å². The molecule has 0 saturated carbocycles. The summed E-state index contributed by atoms with van der Waals surface area (Å²) >= 11 is 0. The quantitative estimate of drug-likeness (QED) is 0.485. The lowest BCUT2D eigenvalue weighted by Gasteiger charge is -2.27. The van der Waals surface area contributed by atoms with Crippen LogP contribution < -0.4 is 10.2 Å². The summed E-state index contributed by atoms with van der Waals surface area (Å²) in [7, 11) is -2.90. The highest BCUT2D eigenvalue weighted by Crippen LogP contribution is 2.29. The summed E-state index contributed by atoms with van der Waals surface area (Å²) in [6, 6.07) is 16.3. The second-order valence-electron chi connectivity index (χ2n) is 8.26. The minimum atomic E-state index is -2.90. The highest BCUT2D eigenvalue weighted by Gasteiger charge is 2.22. The standard InChI is InChI=1S/C25H25N5O2S/c1-18-22(20-5-6-23-21(15-20)3-2-9-26-23)8-10-27-25(18)29-17-19-4-7-24(28-16-19)30-11-13-33(31,32)14-12-30/h2-10,15-16H,11-14,17H2,1H3,(H,27,29). The van der Waals surface area contributed by atoms with Crippen molar-refractivity contribution in [3.05, 3.63) is 78.2 Å². The Balaban J connectivity index is 1.29. The van der Waals surface area contributed by atoms with E-state index in [-0.39, 0.29) is 11.5 Å². The van der Waals surface area contributed by atoms with Gasteiger partial charge in [0, 0.05) is 43.6 Å². The summed E-state index contributed by atoms with van der Waals surface area (Å²) in [5, 5.41) is 4.54. The van der Waals surface area contributed by atoms with Gasteiger partial charge in [0.25, 0.3) is 0 Å². The van der Waals surface area contributed by atoms with E-state index in [1.54, 1.807) is 6.20 Å². The van der Waals surface area contributed by atoms with Crippen molar-refractivity contribution >= 4 is 32.4 Å². The van der Waals surface area contributed by atoms with Gasteiger partial charge in [-0.25, -0.2) is 18.4 Å². The molecular weight excluding hydrogens is 434 g/mol. The smallest absolute Gasteiger partial charge is 0.153 e. The zero-order valence-electron chi connectivity index (χ0n) is 18.4. The van der Waals surface area contributed by atoms with Gasteiger partial charge in [-0.3, -0.25) is 4.98 Å². The molecule has 0 spiro atoms. The molecule has 0 atom stereocenters. The molecule has 0 bridgehead atoms. The molecule has 0 unspecified atom stereocenters. The van der Waals surface area contributed by atoms with Crippen molar-refractivity contribution in [1.29, 1.82) is 0 Å². The Kier molecular flexibility index (Phi) is 5.68. The van der Waals surface area contributed by atoms with Crippen LogP contribution >= 0.6 is 0 Å². The molecule has 1 fully saturated rings. The maximum atomic E-state index is 11.6. The molecule has 5 rings (SSSR count). The van der Waals surface area contributed by atoms with E-state index in [1.807, 2.05) is 47.6 Å². The summed E-state index contributed by atoms with van der Waals surface area (Å²) in [5.74, 6) is 2.03. The second kappa shape index (κ2) is 8.78. The van der Waals surface area contributed by atoms with E-state index in [0.717, 1.165) is 44.8 Å². The Labute approximate surface area is 193 Å². The second-order valence-corrected chi connectivity index (χ2v) is 10.6. The molecule has 1 N–H and O–H groups in total. The first-order chi connectivity index (χ1) is 16.0. The van der Waals surface area contributed by atoms with E-state index in [0.29, 0.717) is 19.6 Å². The van der Waals surface area contributed by atoms with Gasteiger partial charge in [-0.15, -0.1) is 0 Å². The Morgan fingerprint density at radius 3 is 2.61 bits per heavy atom. The number of nitrogens with zero attached hydrogens (tertiary/aromatic N) is 4. The number of benzene rings is 1. The number of nitrogens with one attached hydrogen (secondary N) is 1. The molecule has 33 heavy (non-hydrogen) atoms. The van der Waals surface area contributed by atoms with Crippen LogP contribution in [0.2, 0.25) is 0 Å². The molecular formula is C25H25N5O2S. The molecule has 1 saturated heterocycles. The molecule has 7 nitrogen and oxygen atoms in total. The van der Waals surface area contributed by atoms with Gasteiger partial charge in [-0.05, 0) is 59.5 Å². The van der Waals surface area contributed by atoms with Gasteiger partial charge >= 0.3 is 0 Å². The van der Waals surface area contributed by atoms with E-state index in [2.05, 4.69) is 45.4 Å². The fraction of sp³-hybridized carbons (Fsp3) is 0.240. The van der Waals surface area contributed by atoms with E-state index in [9.17, 15) is 8.42 Å². The first-order valence-corrected chi connectivity index (χ1v) is 12.8. The van der Waals surface area contributed by atoms with Gasteiger partial charge in [-0.2, -0.15) is 0 Å². The fourth-order valence-corrected chi connectivity index (χ4v) is 5.31. The predicted octanol–water partition coefficient (Wildman–Crippen LogP) is 3.85. The number of anilines is 2. The Morgan fingerprint density at radius 1 is 0.970 bits per heavy atom. The molecule has 0 amide bonds. The van der Waals surface area contributed by atoms with Gasteiger partial charge in [0.05, 0.1) is 17.0 Å². The Morgan fingerprint density at radius 2 is 1.82 bits per heavy atom. The number of rotatable bonds is 5. The van der Waals surface area contributed by atoms with Crippen molar-refractivity contribution in [2.75, 3.05) is 34.8 Å². The third kappa shape index (κ3) is 4.66. The van der Waals surface area contributed by atoms with Crippen LogP contribution in [0.25, 0.3) is 22.0 Å². The molecule has 0 aliphatic carbocycles.